The van der Waals surface area contributed by atoms with Crippen LogP contribution in [-0.2, 0) is 24.3 Å². The first-order valence-corrected chi connectivity index (χ1v) is 8.38. The van der Waals surface area contributed by atoms with E-state index < -0.39 is 0 Å². The fourth-order valence-electron chi connectivity index (χ4n) is 2.80. The van der Waals surface area contributed by atoms with Crippen LogP contribution in [0.25, 0.3) is 0 Å². The normalized spacial score (nSPS) is 16.7. The van der Waals surface area contributed by atoms with Gasteiger partial charge in [-0.15, -0.1) is 0 Å². The Kier molecular flexibility index (Phi) is 5.71. The summed E-state index contributed by atoms with van der Waals surface area (Å²) in [5.74, 6) is 1.54. The predicted octanol–water partition coefficient (Wildman–Crippen LogP) is 2.60. The van der Waals surface area contributed by atoms with E-state index in [9.17, 15) is 0 Å². The summed E-state index contributed by atoms with van der Waals surface area (Å²) in [6, 6.07) is 3.99. The largest absolute Gasteiger partial charge is 0.373 e. The van der Waals surface area contributed by atoms with Crippen LogP contribution in [0.4, 0.5) is 0 Å². The van der Waals surface area contributed by atoms with E-state index >= 15 is 0 Å². The highest BCUT2D eigenvalue weighted by molar-refractivity contribution is 5.06. The number of likely N-dealkylation sites (tertiary alicyclic amines) is 1. The number of ether oxygens (including phenoxy) is 1. The summed E-state index contributed by atoms with van der Waals surface area (Å²) in [6.07, 6.45) is 7.97. The summed E-state index contributed by atoms with van der Waals surface area (Å²) in [5, 5.41) is 4.01. The maximum atomic E-state index is 5.99. The van der Waals surface area contributed by atoms with Gasteiger partial charge in [0, 0.05) is 31.9 Å². The van der Waals surface area contributed by atoms with Crippen LogP contribution in [0.5, 0.6) is 0 Å². The first kappa shape index (κ1) is 16.1. The smallest absolute Gasteiger partial charge is 0.240 e. The molecule has 3 heterocycles. The summed E-state index contributed by atoms with van der Waals surface area (Å²) in [6.45, 7) is 5.51. The number of hydrogen-bond donors (Lipinski definition) is 0. The highest BCUT2D eigenvalue weighted by Crippen LogP contribution is 2.17. The van der Waals surface area contributed by atoms with Crippen LogP contribution in [0.3, 0.4) is 0 Å². The highest BCUT2D eigenvalue weighted by Gasteiger charge is 2.21. The molecule has 0 saturated carbocycles. The Labute approximate surface area is 136 Å². The fourth-order valence-corrected chi connectivity index (χ4v) is 2.80. The molecule has 1 fully saturated rings. The maximum Gasteiger partial charge on any atom is 0.240 e. The topological polar surface area (TPSA) is 64.3 Å². The third-order valence-electron chi connectivity index (χ3n) is 4.09. The molecule has 0 spiro atoms. The average Bonchev–Trinajstić information content (AvgIpc) is 3.03. The van der Waals surface area contributed by atoms with Gasteiger partial charge < -0.3 is 9.26 Å². The van der Waals surface area contributed by atoms with E-state index in [1.807, 2.05) is 18.3 Å². The van der Waals surface area contributed by atoms with Gasteiger partial charge in [0.15, 0.2) is 5.82 Å². The van der Waals surface area contributed by atoms with E-state index in [1.54, 1.807) is 6.20 Å². The molecule has 3 rings (SSSR count). The monoisotopic (exact) mass is 316 g/mol. The van der Waals surface area contributed by atoms with Gasteiger partial charge in [-0.3, -0.25) is 9.88 Å². The second-order valence-corrected chi connectivity index (χ2v) is 6.00. The predicted molar refractivity (Wildman–Crippen MR) is 85.6 cm³/mol. The van der Waals surface area contributed by atoms with Gasteiger partial charge in [-0.1, -0.05) is 18.1 Å². The van der Waals surface area contributed by atoms with E-state index in [1.165, 1.54) is 0 Å². The van der Waals surface area contributed by atoms with Crippen molar-refractivity contribution >= 4 is 0 Å². The lowest BCUT2D eigenvalue weighted by Gasteiger charge is -2.30. The standard InChI is InChI=1S/C17H24N4O2/c1-2-4-16-19-17(23-20-16)12-21-9-6-15(7-10-21)22-13-14-5-3-8-18-11-14/h3,5,8,11,15H,2,4,6-7,9-10,12-13H2,1H3. The molecule has 2 aromatic rings. The Morgan fingerprint density at radius 3 is 2.96 bits per heavy atom. The Morgan fingerprint density at radius 1 is 1.35 bits per heavy atom. The molecule has 0 aliphatic carbocycles. The summed E-state index contributed by atoms with van der Waals surface area (Å²) in [5.41, 5.74) is 1.13. The Bertz CT molecular complexity index is 579. The zero-order chi connectivity index (χ0) is 15.9. The van der Waals surface area contributed by atoms with Crippen LogP contribution >= 0.6 is 0 Å². The first-order valence-electron chi connectivity index (χ1n) is 8.38. The zero-order valence-corrected chi connectivity index (χ0v) is 13.6. The van der Waals surface area contributed by atoms with Crippen molar-refractivity contribution in [3.63, 3.8) is 0 Å². The fraction of sp³-hybridized carbons (Fsp3) is 0.588. The van der Waals surface area contributed by atoms with Crippen LogP contribution in [0.15, 0.2) is 29.0 Å². The lowest BCUT2D eigenvalue weighted by molar-refractivity contribution is -0.00565. The molecule has 1 aliphatic rings. The lowest BCUT2D eigenvalue weighted by atomic mass is 10.1. The number of pyridine rings is 1. The molecule has 2 aromatic heterocycles. The van der Waals surface area contributed by atoms with E-state index in [2.05, 4.69) is 26.9 Å². The molecule has 124 valence electrons. The molecule has 0 aromatic carbocycles. The Morgan fingerprint density at radius 2 is 2.22 bits per heavy atom. The molecule has 0 unspecified atom stereocenters. The van der Waals surface area contributed by atoms with Crippen molar-refractivity contribution in [2.24, 2.45) is 0 Å². The van der Waals surface area contributed by atoms with Gasteiger partial charge in [0.2, 0.25) is 5.89 Å². The van der Waals surface area contributed by atoms with Crippen molar-refractivity contribution in [2.75, 3.05) is 13.1 Å². The molecule has 23 heavy (non-hydrogen) atoms. The van der Waals surface area contributed by atoms with Crippen molar-refractivity contribution in [3.05, 3.63) is 41.8 Å². The lowest BCUT2D eigenvalue weighted by Crippen LogP contribution is -2.36. The van der Waals surface area contributed by atoms with Gasteiger partial charge in [-0.25, -0.2) is 0 Å². The third kappa shape index (κ3) is 4.84. The van der Waals surface area contributed by atoms with Gasteiger partial charge in [-0.05, 0) is 30.9 Å². The third-order valence-corrected chi connectivity index (χ3v) is 4.09. The van der Waals surface area contributed by atoms with Crippen molar-refractivity contribution in [1.29, 1.82) is 0 Å². The van der Waals surface area contributed by atoms with Crippen molar-refractivity contribution < 1.29 is 9.26 Å². The number of aryl methyl sites for hydroxylation is 1. The molecule has 6 nitrogen and oxygen atoms in total. The Hall–Kier alpha value is -1.79. The molecular formula is C17H24N4O2. The second kappa shape index (κ2) is 8.17. The molecule has 0 bridgehead atoms. The SMILES string of the molecule is CCCc1noc(CN2CCC(OCc3cccnc3)CC2)n1. The van der Waals surface area contributed by atoms with Crippen molar-refractivity contribution in [2.45, 2.75) is 51.9 Å². The average molecular weight is 316 g/mol. The number of piperidine rings is 1. The molecule has 0 atom stereocenters. The number of hydrogen-bond acceptors (Lipinski definition) is 6. The van der Waals surface area contributed by atoms with Gasteiger partial charge in [-0.2, -0.15) is 4.98 Å². The van der Waals surface area contributed by atoms with Crippen LogP contribution in [-0.4, -0.2) is 39.2 Å². The number of nitrogens with zero attached hydrogens (tertiary/aromatic N) is 4. The quantitative estimate of drug-likeness (QED) is 0.782. The molecule has 0 amide bonds. The van der Waals surface area contributed by atoms with Crippen LogP contribution < -0.4 is 0 Å². The van der Waals surface area contributed by atoms with Gasteiger partial charge in [0.25, 0.3) is 0 Å². The van der Waals surface area contributed by atoms with Gasteiger partial charge in [0.05, 0.1) is 19.3 Å². The molecule has 6 heteroatoms. The number of rotatable bonds is 7. The van der Waals surface area contributed by atoms with E-state index in [4.69, 9.17) is 9.26 Å². The molecule has 0 radical (unpaired) electrons. The van der Waals surface area contributed by atoms with Crippen LogP contribution in [0, 0.1) is 0 Å². The summed E-state index contributed by atoms with van der Waals surface area (Å²) in [4.78, 5) is 10.9. The van der Waals surface area contributed by atoms with E-state index in [-0.39, 0.29) is 0 Å². The minimum atomic E-state index is 0.324. The van der Waals surface area contributed by atoms with Crippen LogP contribution in [0.1, 0.15) is 43.5 Å². The van der Waals surface area contributed by atoms with E-state index in [0.29, 0.717) is 12.7 Å². The van der Waals surface area contributed by atoms with Gasteiger partial charge in [0.1, 0.15) is 0 Å². The molecule has 1 saturated heterocycles. The highest BCUT2D eigenvalue weighted by atomic mass is 16.5. The molecule has 0 N–H and O–H groups in total. The molecular weight excluding hydrogens is 292 g/mol. The minimum Gasteiger partial charge on any atom is -0.373 e. The zero-order valence-electron chi connectivity index (χ0n) is 13.6. The number of aromatic nitrogens is 3. The molecule has 1 aliphatic heterocycles. The van der Waals surface area contributed by atoms with Gasteiger partial charge >= 0.3 is 0 Å². The summed E-state index contributed by atoms with van der Waals surface area (Å²) >= 11 is 0. The van der Waals surface area contributed by atoms with E-state index in [0.717, 1.165) is 62.6 Å². The van der Waals surface area contributed by atoms with Crippen molar-refractivity contribution in [3.8, 4) is 0 Å². The maximum absolute atomic E-state index is 5.99. The minimum absolute atomic E-state index is 0.324. The summed E-state index contributed by atoms with van der Waals surface area (Å²) in [7, 11) is 0. The second-order valence-electron chi connectivity index (χ2n) is 6.00. The first-order chi connectivity index (χ1) is 11.3. The summed E-state index contributed by atoms with van der Waals surface area (Å²) < 4.78 is 11.3. The Balaban J connectivity index is 1.39. The van der Waals surface area contributed by atoms with Crippen molar-refractivity contribution in [1.82, 2.24) is 20.0 Å². The van der Waals surface area contributed by atoms with Crippen LogP contribution in [0.2, 0.25) is 0 Å².